The molecule has 0 unspecified atom stereocenters. The fourth-order valence-electron chi connectivity index (χ4n) is 2.79. The van der Waals surface area contributed by atoms with Crippen molar-refractivity contribution in [3.8, 4) is 0 Å². The molecule has 0 spiro atoms. The third-order valence-electron chi connectivity index (χ3n) is 4.31. The van der Waals surface area contributed by atoms with Crippen molar-refractivity contribution in [2.45, 2.75) is 20.0 Å². The number of hydrogen-bond donors (Lipinski definition) is 2. The van der Waals surface area contributed by atoms with Crippen molar-refractivity contribution >= 4 is 40.0 Å². The summed E-state index contributed by atoms with van der Waals surface area (Å²) in [5, 5.41) is 4.54. The number of carbonyl (C=O) groups excluding carboxylic acids is 1. The topological polar surface area (TPSA) is 78.1 Å². The summed E-state index contributed by atoms with van der Waals surface area (Å²) in [6.07, 6.45) is 0. The van der Waals surface area contributed by atoms with E-state index in [1.165, 1.54) is 0 Å². The van der Waals surface area contributed by atoms with Gasteiger partial charge in [-0.2, -0.15) is 0 Å². The van der Waals surface area contributed by atoms with Gasteiger partial charge in [0, 0.05) is 16.6 Å². The lowest BCUT2D eigenvalue weighted by molar-refractivity contribution is -0.122. The van der Waals surface area contributed by atoms with E-state index in [0.717, 1.165) is 5.56 Å². The number of rotatable bonds is 7. The van der Waals surface area contributed by atoms with E-state index < -0.39 is 0 Å². The Morgan fingerprint density at radius 3 is 2.57 bits per heavy atom. The number of fused-ring (bicyclic) bond motifs is 1. The Morgan fingerprint density at radius 1 is 1.14 bits per heavy atom. The van der Waals surface area contributed by atoms with Crippen molar-refractivity contribution in [1.29, 1.82) is 0 Å². The first-order valence-electron chi connectivity index (χ1n) is 8.86. The Bertz CT molecular complexity index is 1030. The van der Waals surface area contributed by atoms with Crippen LogP contribution in [0.25, 0.3) is 10.9 Å². The van der Waals surface area contributed by atoms with Crippen LogP contribution in [-0.2, 0) is 17.9 Å². The normalized spacial score (nSPS) is 11.1. The fraction of sp³-hybridized carbons (Fsp3) is 0.250. The first kappa shape index (κ1) is 20.3. The maximum absolute atomic E-state index is 12.3. The van der Waals surface area contributed by atoms with Gasteiger partial charge in [-0.05, 0) is 42.4 Å². The number of hydrogen-bond acceptors (Lipinski definition) is 4. The molecular weight excluding hydrogens is 399 g/mol. The molecule has 3 aromatic rings. The highest BCUT2D eigenvalue weighted by Crippen LogP contribution is 2.15. The average molecular weight is 419 g/mol. The van der Waals surface area contributed by atoms with Crippen molar-refractivity contribution in [1.82, 2.24) is 20.2 Å². The second-order valence-corrected chi connectivity index (χ2v) is 7.25. The third-order valence-corrected chi connectivity index (χ3v) is 4.80. The Hall–Kier alpha value is -2.41. The summed E-state index contributed by atoms with van der Waals surface area (Å²) in [4.78, 5) is 33.7. The predicted octanol–water partition coefficient (Wildman–Crippen LogP) is 3.37. The minimum Gasteiger partial charge on any atom is -0.351 e. The first-order chi connectivity index (χ1) is 13.4. The summed E-state index contributed by atoms with van der Waals surface area (Å²) in [6.45, 7) is 3.55. The molecule has 6 nitrogen and oxygen atoms in total. The minimum atomic E-state index is -0.222. The summed E-state index contributed by atoms with van der Waals surface area (Å²) >= 11 is 11.9. The smallest absolute Gasteiger partial charge is 0.258 e. The largest absolute Gasteiger partial charge is 0.351 e. The van der Waals surface area contributed by atoms with Crippen LogP contribution in [0.2, 0.25) is 10.0 Å². The van der Waals surface area contributed by atoms with Crippen LogP contribution in [0.4, 0.5) is 0 Å². The molecular formula is C20H20Cl2N4O2. The lowest BCUT2D eigenvalue weighted by Crippen LogP contribution is -2.37. The molecule has 0 fully saturated rings. The van der Waals surface area contributed by atoms with E-state index in [0.29, 0.717) is 46.4 Å². The van der Waals surface area contributed by atoms with Crippen LogP contribution < -0.4 is 10.9 Å². The summed E-state index contributed by atoms with van der Waals surface area (Å²) in [6, 6.07) is 12.3. The molecule has 0 aliphatic heterocycles. The van der Waals surface area contributed by atoms with Gasteiger partial charge in [0.1, 0.15) is 5.82 Å². The first-order valence-corrected chi connectivity index (χ1v) is 9.62. The van der Waals surface area contributed by atoms with E-state index in [9.17, 15) is 9.59 Å². The van der Waals surface area contributed by atoms with Gasteiger partial charge in [-0.25, -0.2) is 4.98 Å². The Morgan fingerprint density at radius 2 is 1.86 bits per heavy atom. The predicted molar refractivity (Wildman–Crippen MR) is 112 cm³/mol. The van der Waals surface area contributed by atoms with Crippen LogP contribution in [0.5, 0.6) is 0 Å². The highest BCUT2D eigenvalue weighted by Gasteiger charge is 2.12. The van der Waals surface area contributed by atoms with E-state index in [1.807, 2.05) is 24.0 Å². The molecule has 1 aromatic heterocycles. The number of nitrogens with zero attached hydrogens (tertiary/aromatic N) is 2. The quantitative estimate of drug-likeness (QED) is 0.616. The fourth-order valence-corrected chi connectivity index (χ4v) is 3.08. The molecule has 146 valence electrons. The minimum absolute atomic E-state index is 0.108. The van der Waals surface area contributed by atoms with Crippen molar-refractivity contribution in [3.05, 3.63) is 74.3 Å². The molecule has 1 heterocycles. The highest BCUT2D eigenvalue weighted by molar-refractivity contribution is 6.31. The van der Waals surface area contributed by atoms with Crippen LogP contribution >= 0.6 is 23.2 Å². The Labute approximate surface area is 172 Å². The maximum Gasteiger partial charge on any atom is 0.258 e. The average Bonchev–Trinajstić information content (AvgIpc) is 2.66. The van der Waals surface area contributed by atoms with Gasteiger partial charge in [-0.1, -0.05) is 42.3 Å². The lowest BCUT2D eigenvalue weighted by Gasteiger charge is -2.19. The number of nitrogens with one attached hydrogen (secondary N) is 2. The summed E-state index contributed by atoms with van der Waals surface area (Å²) < 4.78 is 0. The summed E-state index contributed by atoms with van der Waals surface area (Å²) in [5.41, 5.74) is 1.28. The standard InChI is InChI=1S/C20H20Cl2N4O2/c1-2-26(12-19(27)23-10-13-3-5-14(21)6-4-13)11-18-24-17-9-15(22)7-8-16(17)20(28)25-18/h3-9H,2,10-12H2,1H3,(H,23,27)(H,24,25,28). The number of halogens is 2. The van der Waals surface area contributed by atoms with Gasteiger partial charge in [0.15, 0.2) is 0 Å². The van der Waals surface area contributed by atoms with Crippen LogP contribution in [0.15, 0.2) is 47.3 Å². The van der Waals surface area contributed by atoms with E-state index in [4.69, 9.17) is 23.2 Å². The Balaban J connectivity index is 1.63. The number of benzene rings is 2. The van der Waals surface area contributed by atoms with Crippen molar-refractivity contribution in [3.63, 3.8) is 0 Å². The number of likely N-dealkylation sites (N-methyl/N-ethyl adjacent to an activating group) is 1. The summed E-state index contributed by atoms with van der Waals surface area (Å²) in [7, 11) is 0. The molecule has 0 atom stereocenters. The number of aromatic nitrogens is 2. The van der Waals surface area contributed by atoms with Crippen LogP contribution in [0.1, 0.15) is 18.3 Å². The molecule has 0 saturated carbocycles. The lowest BCUT2D eigenvalue weighted by atomic mass is 10.2. The van der Waals surface area contributed by atoms with Crippen molar-refractivity contribution in [2.75, 3.05) is 13.1 Å². The molecule has 2 N–H and O–H groups in total. The highest BCUT2D eigenvalue weighted by atomic mass is 35.5. The Kier molecular flexibility index (Phi) is 6.67. The molecule has 8 heteroatoms. The van der Waals surface area contributed by atoms with E-state index in [-0.39, 0.29) is 18.0 Å². The molecule has 3 rings (SSSR count). The zero-order chi connectivity index (χ0) is 20.1. The molecule has 2 aromatic carbocycles. The van der Waals surface area contributed by atoms with Crippen molar-refractivity contribution in [2.24, 2.45) is 0 Å². The second kappa shape index (κ2) is 9.19. The molecule has 0 aliphatic carbocycles. The van der Waals surface area contributed by atoms with Gasteiger partial charge in [0.25, 0.3) is 5.56 Å². The number of carbonyl (C=O) groups is 1. The van der Waals surface area contributed by atoms with Gasteiger partial charge >= 0.3 is 0 Å². The molecule has 28 heavy (non-hydrogen) atoms. The monoisotopic (exact) mass is 418 g/mol. The van der Waals surface area contributed by atoms with Crippen molar-refractivity contribution < 1.29 is 4.79 Å². The number of aromatic amines is 1. The van der Waals surface area contributed by atoms with Gasteiger partial charge in [-0.15, -0.1) is 0 Å². The molecule has 0 bridgehead atoms. The van der Waals surface area contributed by atoms with Crippen LogP contribution in [-0.4, -0.2) is 33.9 Å². The third kappa shape index (κ3) is 5.32. The maximum atomic E-state index is 12.3. The molecule has 1 amide bonds. The SMILES string of the molecule is CCN(CC(=O)NCc1ccc(Cl)cc1)Cc1nc2cc(Cl)ccc2c(=O)[nH]1. The van der Waals surface area contributed by atoms with Crippen LogP contribution in [0.3, 0.4) is 0 Å². The van der Waals surface area contributed by atoms with Gasteiger partial charge in [0.2, 0.25) is 5.91 Å². The van der Waals surface area contributed by atoms with E-state index in [1.54, 1.807) is 30.3 Å². The zero-order valence-corrected chi connectivity index (χ0v) is 16.8. The van der Waals surface area contributed by atoms with Gasteiger partial charge in [-0.3, -0.25) is 14.5 Å². The van der Waals surface area contributed by atoms with Crippen LogP contribution in [0, 0.1) is 0 Å². The van der Waals surface area contributed by atoms with E-state index >= 15 is 0 Å². The van der Waals surface area contributed by atoms with E-state index in [2.05, 4.69) is 15.3 Å². The molecule has 0 radical (unpaired) electrons. The number of amides is 1. The molecule has 0 aliphatic rings. The summed E-state index contributed by atoms with van der Waals surface area (Å²) in [5.74, 6) is 0.384. The zero-order valence-electron chi connectivity index (χ0n) is 15.3. The van der Waals surface area contributed by atoms with Gasteiger partial charge < -0.3 is 10.3 Å². The molecule has 0 saturated heterocycles. The second-order valence-electron chi connectivity index (χ2n) is 6.38. The van der Waals surface area contributed by atoms with Gasteiger partial charge in [0.05, 0.1) is 24.0 Å². The number of H-pyrrole nitrogens is 1.